The number of halogens is 3. The van der Waals surface area contributed by atoms with Crippen molar-refractivity contribution in [1.29, 1.82) is 0 Å². The fourth-order valence-corrected chi connectivity index (χ4v) is 5.61. The van der Waals surface area contributed by atoms with Gasteiger partial charge in [-0.25, -0.2) is 4.99 Å². The molecule has 0 saturated carbocycles. The fourth-order valence-electron chi connectivity index (χ4n) is 5.61. The molecule has 0 spiro atoms. The van der Waals surface area contributed by atoms with E-state index in [1.165, 1.54) is 12.0 Å². The summed E-state index contributed by atoms with van der Waals surface area (Å²) in [5, 5.41) is 8.29. The van der Waals surface area contributed by atoms with Gasteiger partial charge in [0.05, 0.1) is 24.9 Å². The largest absolute Gasteiger partial charge is 0.500 e. The molecule has 1 saturated heterocycles. The third-order valence-corrected chi connectivity index (χ3v) is 7.41. The van der Waals surface area contributed by atoms with Crippen LogP contribution < -0.4 is 10.2 Å². The monoisotopic (exact) mass is 548 g/mol. The topological polar surface area (TPSA) is 92.1 Å². The predicted octanol–water partition coefficient (Wildman–Crippen LogP) is 3.61. The van der Waals surface area contributed by atoms with Crippen molar-refractivity contribution >= 4 is 34.1 Å². The first-order valence-electron chi connectivity index (χ1n) is 13.1. The average molecular weight is 549 g/mol. The summed E-state index contributed by atoms with van der Waals surface area (Å²) in [5.74, 6) is -1.000. The SMILES string of the molecule is CCN(c1c(C)c(C(=O)NCC2C(=O)N=C(C)C=C2OC)cc2nn(C)cc12)C1CCN(CC(F)(F)F)CC1. The number of alkyl halides is 3. The molecule has 0 bridgehead atoms. The number of carbonyl (C=O) groups excluding carboxylic acids is 2. The van der Waals surface area contributed by atoms with E-state index in [9.17, 15) is 22.8 Å². The van der Waals surface area contributed by atoms with Gasteiger partial charge in [0.1, 0.15) is 11.7 Å². The molecule has 1 aromatic heterocycles. The van der Waals surface area contributed by atoms with Gasteiger partial charge < -0.3 is 15.0 Å². The Kier molecular flexibility index (Phi) is 8.34. The van der Waals surface area contributed by atoms with Gasteiger partial charge in [0, 0.05) is 62.1 Å². The van der Waals surface area contributed by atoms with Crippen molar-refractivity contribution in [1.82, 2.24) is 20.0 Å². The van der Waals surface area contributed by atoms with Crippen LogP contribution in [0.4, 0.5) is 18.9 Å². The van der Waals surface area contributed by atoms with Crippen molar-refractivity contribution in [3.8, 4) is 0 Å². The number of dihydropyridines is 1. The summed E-state index contributed by atoms with van der Waals surface area (Å²) in [5.41, 5.74) is 3.22. The van der Waals surface area contributed by atoms with E-state index in [1.54, 1.807) is 30.8 Å². The number of fused-ring (bicyclic) bond motifs is 1. The molecule has 2 aliphatic heterocycles. The quantitative estimate of drug-likeness (QED) is 0.542. The normalized spacial score (nSPS) is 19.2. The number of ether oxygens (including phenoxy) is 1. The zero-order valence-electron chi connectivity index (χ0n) is 22.9. The smallest absolute Gasteiger partial charge is 0.401 e. The zero-order valence-corrected chi connectivity index (χ0v) is 22.9. The number of hydrogen-bond donors (Lipinski definition) is 1. The standard InChI is InChI=1S/C27H35F3N6O3/c1-6-36(18-7-9-35(10-8-18)15-27(28,29)30)24-17(3)19(12-22-21(24)14-34(4)33-22)25(37)31-13-20-23(39-5)11-16(2)32-26(20)38/h11-12,14,18,20H,6-10,13,15H2,1-5H3,(H,31,37). The summed E-state index contributed by atoms with van der Waals surface area (Å²) in [6.45, 7) is 6.03. The number of hydrogen-bond acceptors (Lipinski definition) is 6. The molecule has 3 heterocycles. The molecule has 0 aliphatic carbocycles. The molecule has 1 unspecified atom stereocenters. The minimum atomic E-state index is -4.22. The molecule has 1 fully saturated rings. The number of amides is 2. The molecule has 1 aromatic carbocycles. The Hall–Kier alpha value is -3.41. The average Bonchev–Trinajstić information content (AvgIpc) is 3.24. The second kappa shape index (κ2) is 11.4. The number of aryl methyl sites for hydroxylation is 1. The Morgan fingerprint density at radius 1 is 1.26 bits per heavy atom. The van der Waals surface area contributed by atoms with Crippen molar-refractivity contribution in [2.45, 2.75) is 45.8 Å². The molecule has 1 atom stereocenters. The highest BCUT2D eigenvalue weighted by molar-refractivity contribution is 6.07. The van der Waals surface area contributed by atoms with Crippen molar-refractivity contribution < 1.29 is 27.5 Å². The van der Waals surface area contributed by atoms with Crippen molar-refractivity contribution in [3.05, 3.63) is 35.2 Å². The van der Waals surface area contributed by atoms with Crippen molar-refractivity contribution in [2.75, 3.05) is 44.7 Å². The van der Waals surface area contributed by atoms with Gasteiger partial charge in [-0.15, -0.1) is 0 Å². The van der Waals surface area contributed by atoms with Crippen LogP contribution in [0.15, 0.2) is 29.1 Å². The number of aliphatic imine (C=N–C) groups is 1. The lowest BCUT2D eigenvalue weighted by molar-refractivity contribution is -0.147. The summed E-state index contributed by atoms with van der Waals surface area (Å²) in [4.78, 5) is 33.6. The molecule has 1 N–H and O–H groups in total. The van der Waals surface area contributed by atoms with Crippen LogP contribution >= 0.6 is 0 Å². The Balaban J connectivity index is 1.60. The molecular weight excluding hydrogens is 513 g/mol. The molecule has 39 heavy (non-hydrogen) atoms. The van der Waals surface area contributed by atoms with Gasteiger partial charge in [-0.2, -0.15) is 18.3 Å². The predicted molar refractivity (Wildman–Crippen MR) is 143 cm³/mol. The van der Waals surface area contributed by atoms with Crippen LogP contribution in [0.25, 0.3) is 10.9 Å². The van der Waals surface area contributed by atoms with Gasteiger partial charge in [-0.3, -0.25) is 19.2 Å². The van der Waals surface area contributed by atoms with Gasteiger partial charge in [0.15, 0.2) is 0 Å². The molecule has 212 valence electrons. The lowest BCUT2D eigenvalue weighted by atomic mass is 9.96. The highest BCUT2D eigenvalue weighted by Gasteiger charge is 2.35. The van der Waals surface area contributed by atoms with Crippen LogP contribution in [0.5, 0.6) is 0 Å². The lowest BCUT2D eigenvalue weighted by Crippen LogP contribution is -2.47. The Bertz CT molecular complexity index is 1310. The number of aromatic nitrogens is 2. The number of rotatable bonds is 8. The third-order valence-electron chi connectivity index (χ3n) is 7.41. The number of nitrogens with zero attached hydrogens (tertiary/aromatic N) is 5. The van der Waals surface area contributed by atoms with Gasteiger partial charge in [0.2, 0.25) is 0 Å². The van der Waals surface area contributed by atoms with Crippen LogP contribution in [-0.2, 0) is 16.6 Å². The van der Waals surface area contributed by atoms with Crippen molar-refractivity contribution in [2.24, 2.45) is 18.0 Å². The number of allylic oxidation sites excluding steroid dienone is 1. The number of benzene rings is 1. The van der Waals surface area contributed by atoms with E-state index in [0.717, 1.165) is 16.6 Å². The molecule has 12 heteroatoms. The molecule has 9 nitrogen and oxygen atoms in total. The van der Waals surface area contributed by atoms with E-state index in [1.807, 2.05) is 20.0 Å². The van der Waals surface area contributed by atoms with Crippen LogP contribution in [0.3, 0.4) is 0 Å². The zero-order chi connectivity index (χ0) is 28.5. The first-order valence-corrected chi connectivity index (χ1v) is 13.1. The van der Waals surface area contributed by atoms with E-state index >= 15 is 0 Å². The van der Waals surface area contributed by atoms with E-state index in [4.69, 9.17) is 4.74 Å². The fraction of sp³-hybridized carbons (Fsp3) is 0.556. The first kappa shape index (κ1) is 28.6. The van der Waals surface area contributed by atoms with Crippen LogP contribution in [-0.4, -0.2) is 84.3 Å². The number of nitrogens with one attached hydrogen (secondary N) is 1. The second-order valence-corrected chi connectivity index (χ2v) is 10.1. The third kappa shape index (κ3) is 6.26. The van der Waals surface area contributed by atoms with E-state index in [2.05, 4.69) is 20.3 Å². The number of likely N-dealkylation sites (tertiary alicyclic amines) is 1. The number of carbonyl (C=O) groups is 2. The summed E-state index contributed by atoms with van der Waals surface area (Å²) in [6.07, 6.45) is 0.525. The van der Waals surface area contributed by atoms with Crippen LogP contribution in [0.1, 0.15) is 42.6 Å². The molecule has 2 aliphatic rings. The number of anilines is 1. The van der Waals surface area contributed by atoms with Gasteiger partial charge in [-0.1, -0.05) is 0 Å². The summed E-state index contributed by atoms with van der Waals surface area (Å²) < 4.78 is 45.8. The van der Waals surface area contributed by atoms with E-state index in [0.29, 0.717) is 55.0 Å². The molecule has 0 radical (unpaired) electrons. The second-order valence-electron chi connectivity index (χ2n) is 10.1. The van der Waals surface area contributed by atoms with E-state index in [-0.39, 0.29) is 24.4 Å². The first-order chi connectivity index (χ1) is 18.4. The Labute approximate surface area is 225 Å². The van der Waals surface area contributed by atoms with Gasteiger partial charge >= 0.3 is 6.18 Å². The maximum atomic E-state index is 13.5. The van der Waals surface area contributed by atoms with Gasteiger partial charge in [0.25, 0.3) is 11.8 Å². The van der Waals surface area contributed by atoms with Crippen LogP contribution in [0, 0.1) is 12.8 Å². The Morgan fingerprint density at radius 3 is 2.56 bits per heavy atom. The summed E-state index contributed by atoms with van der Waals surface area (Å²) in [6, 6.07) is 1.76. The van der Waals surface area contributed by atoms with Crippen LogP contribution in [0.2, 0.25) is 0 Å². The number of methoxy groups -OCH3 is 1. The summed E-state index contributed by atoms with van der Waals surface area (Å²) in [7, 11) is 3.28. The maximum absolute atomic E-state index is 13.5. The molecular formula is C27H35F3N6O3. The Morgan fingerprint density at radius 2 is 1.95 bits per heavy atom. The minimum Gasteiger partial charge on any atom is -0.500 e. The maximum Gasteiger partial charge on any atom is 0.401 e. The van der Waals surface area contributed by atoms with E-state index < -0.39 is 18.6 Å². The highest BCUT2D eigenvalue weighted by Crippen LogP contribution is 2.36. The molecule has 4 rings (SSSR count). The highest BCUT2D eigenvalue weighted by atomic mass is 19.4. The minimum absolute atomic E-state index is 0.0234. The molecule has 2 aromatic rings. The van der Waals surface area contributed by atoms with Gasteiger partial charge in [-0.05, 0) is 51.3 Å². The summed E-state index contributed by atoms with van der Waals surface area (Å²) >= 11 is 0. The molecule has 2 amide bonds. The van der Waals surface area contributed by atoms with Crippen molar-refractivity contribution in [3.63, 3.8) is 0 Å². The lowest BCUT2D eigenvalue weighted by Gasteiger charge is -2.40. The number of piperidine rings is 1.